The van der Waals surface area contributed by atoms with Gasteiger partial charge in [-0.05, 0) is 43.5 Å². The molecule has 0 saturated carbocycles. The molecule has 0 spiro atoms. The Bertz CT molecular complexity index is 969. The number of aryl methyl sites for hydroxylation is 2. The van der Waals surface area contributed by atoms with Crippen molar-refractivity contribution in [3.63, 3.8) is 0 Å². The highest BCUT2D eigenvalue weighted by Crippen LogP contribution is 2.33. The molecule has 1 aliphatic rings. The minimum atomic E-state index is -1.14. The molecule has 134 valence electrons. The molecule has 7 heteroatoms. The van der Waals surface area contributed by atoms with Gasteiger partial charge in [-0.25, -0.2) is 4.79 Å². The van der Waals surface area contributed by atoms with Crippen molar-refractivity contribution >= 4 is 35.3 Å². The van der Waals surface area contributed by atoms with Gasteiger partial charge in [0.15, 0.2) is 0 Å². The van der Waals surface area contributed by atoms with Crippen molar-refractivity contribution in [3.8, 4) is 0 Å². The summed E-state index contributed by atoms with van der Waals surface area (Å²) in [5.41, 5.74) is 3.89. The van der Waals surface area contributed by atoms with E-state index in [1.54, 1.807) is 19.2 Å². The molecular formula is C19H18N2O5. The molecule has 1 aliphatic heterocycles. The summed E-state index contributed by atoms with van der Waals surface area (Å²) in [5.74, 6) is -2.39. The van der Waals surface area contributed by atoms with E-state index < -0.39 is 11.9 Å². The molecule has 0 bridgehead atoms. The van der Waals surface area contributed by atoms with Crippen LogP contribution in [0.15, 0.2) is 24.4 Å². The van der Waals surface area contributed by atoms with E-state index in [9.17, 15) is 19.5 Å². The van der Waals surface area contributed by atoms with Gasteiger partial charge in [0, 0.05) is 30.1 Å². The quantitative estimate of drug-likeness (QED) is 0.716. The Kier molecular flexibility index (Phi) is 4.38. The number of carboxylic acids is 2. The van der Waals surface area contributed by atoms with Crippen LogP contribution in [0.1, 0.15) is 39.2 Å². The SMILES string of the molecule is Cc1ccc2c(c1)C(=Cn1cc(CCC(=O)O)c(C)c1C(=O)O)C(=O)N2. The smallest absolute Gasteiger partial charge is 0.353 e. The standard InChI is InChI=1S/C19H18N2O5/c1-10-3-5-15-13(7-10)14(18(24)20-15)9-21-8-12(4-6-16(22)23)11(2)17(21)19(25)26/h3,5,7-9H,4,6H2,1-2H3,(H,20,24)(H,22,23)(H,25,26). The zero-order valence-electron chi connectivity index (χ0n) is 14.4. The summed E-state index contributed by atoms with van der Waals surface area (Å²) in [7, 11) is 0. The summed E-state index contributed by atoms with van der Waals surface area (Å²) < 4.78 is 1.39. The maximum absolute atomic E-state index is 12.3. The van der Waals surface area contributed by atoms with E-state index in [1.165, 1.54) is 10.8 Å². The molecule has 26 heavy (non-hydrogen) atoms. The summed E-state index contributed by atoms with van der Waals surface area (Å²) in [4.78, 5) is 34.8. The summed E-state index contributed by atoms with van der Waals surface area (Å²) in [6, 6.07) is 5.55. The van der Waals surface area contributed by atoms with Gasteiger partial charge >= 0.3 is 11.9 Å². The zero-order valence-corrected chi connectivity index (χ0v) is 14.4. The Labute approximate surface area is 149 Å². The van der Waals surface area contributed by atoms with Gasteiger partial charge in [0.05, 0.1) is 5.57 Å². The number of aromatic carboxylic acids is 1. The van der Waals surface area contributed by atoms with Crippen LogP contribution in [0.25, 0.3) is 11.8 Å². The lowest BCUT2D eigenvalue weighted by molar-refractivity contribution is -0.137. The lowest BCUT2D eigenvalue weighted by atomic mass is 10.1. The van der Waals surface area contributed by atoms with Crippen molar-refractivity contribution in [1.29, 1.82) is 0 Å². The Hall–Kier alpha value is -3.35. The van der Waals surface area contributed by atoms with Gasteiger partial charge in [0.1, 0.15) is 5.69 Å². The monoisotopic (exact) mass is 354 g/mol. The predicted octanol–water partition coefficient (Wildman–Crippen LogP) is 2.77. The van der Waals surface area contributed by atoms with E-state index in [0.29, 0.717) is 28.0 Å². The minimum Gasteiger partial charge on any atom is -0.481 e. The number of aromatic nitrogens is 1. The first-order valence-corrected chi connectivity index (χ1v) is 8.07. The number of benzene rings is 1. The van der Waals surface area contributed by atoms with Crippen LogP contribution in [0, 0.1) is 13.8 Å². The fourth-order valence-electron chi connectivity index (χ4n) is 3.11. The van der Waals surface area contributed by atoms with Gasteiger partial charge in [-0.1, -0.05) is 11.6 Å². The molecule has 0 saturated heterocycles. The molecule has 2 aromatic rings. The number of carbonyl (C=O) groups excluding carboxylic acids is 1. The molecular weight excluding hydrogens is 336 g/mol. The molecule has 7 nitrogen and oxygen atoms in total. The molecule has 3 rings (SSSR count). The van der Waals surface area contributed by atoms with Crippen LogP contribution < -0.4 is 5.32 Å². The lowest BCUT2D eigenvalue weighted by Crippen LogP contribution is -2.08. The molecule has 1 aromatic heterocycles. The molecule has 1 amide bonds. The lowest BCUT2D eigenvalue weighted by Gasteiger charge is -2.03. The highest BCUT2D eigenvalue weighted by atomic mass is 16.4. The Morgan fingerprint density at radius 2 is 1.96 bits per heavy atom. The number of nitrogens with zero attached hydrogens (tertiary/aromatic N) is 1. The largest absolute Gasteiger partial charge is 0.481 e. The van der Waals surface area contributed by atoms with Crippen molar-refractivity contribution in [2.75, 3.05) is 5.32 Å². The van der Waals surface area contributed by atoms with E-state index in [4.69, 9.17) is 5.11 Å². The van der Waals surface area contributed by atoms with Gasteiger partial charge in [0.2, 0.25) is 0 Å². The molecule has 0 fully saturated rings. The van der Waals surface area contributed by atoms with Gasteiger partial charge in [0.25, 0.3) is 5.91 Å². The second kappa shape index (κ2) is 6.51. The third kappa shape index (κ3) is 3.11. The first-order chi connectivity index (χ1) is 12.3. The predicted molar refractivity (Wildman–Crippen MR) is 96.1 cm³/mol. The number of carboxylic acid groups (broad SMARTS) is 2. The molecule has 2 heterocycles. The van der Waals surface area contributed by atoms with Crippen molar-refractivity contribution in [2.45, 2.75) is 26.7 Å². The van der Waals surface area contributed by atoms with Gasteiger partial charge in [-0.3, -0.25) is 9.59 Å². The highest BCUT2D eigenvalue weighted by molar-refractivity contribution is 6.34. The van der Waals surface area contributed by atoms with Crippen LogP contribution in [0.3, 0.4) is 0 Å². The van der Waals surface area contributed by atoms with E-state index in [-0.39, 0.29) is 24.4 Å². The molecule has 0 unspecified atom stereocenters. The van der Waals surface area contributed by atoms with Crippen LogP contribution in [0.2, 0.25) is 0 Å². The molecule has 1 aromatic carbocycles. The van der Waals surface area contributed by atoms with Crippen LogP contribution in [-0.4, -0.2) is 32.6 Å². The van der Waals surface area contributed by atoms with Crippen molar-refractivity contribution in [2.24, 2.45) is 0 Å². The number of aliphatic carboxylic acids is 1. The number of fused-ring (bicyclic) bond motifs is 1. The summed E-state index contributed by atoms with van der Waals surface area (Å²) in [6.07, 6.45) is 3.19. The van der Waals surface area contributed by atoms with E-state index in [1.807, 2.05) is 19.1 Å². The average Bonchev–Trinajstić information content (AvgIpc) is 3.03. The third-order valence-corrected chi connectivity index (χ3v) is 4.43. The zero-order chi connectivity index (χ0) is 19.0. The van der Waals surface area contributed by atoms with Crippen LogP contribution in [0.5, 0.6) is 0 Å². The number of carbonyl (C=O) groups is 3. The normalized spacial score (nSPS) is 14.4. The second-order valence-electron chi connectivity index (χ2n) is 6.28. The second-order valence-corrected chi connectivity index (χ2v) is 6.28. The molecule has 3 N–H and O–H groups in total. The number of amides is 1. The van der Waals surface area contributed by atoms with Gasteiger partial charge in [-0.2, -0.15) is 0 Å². The average molecular weight is 354 g/mol. The number of hydrogen-bond acceptors (Lipinski definition) is 3. The molecule has 0 atom stereocenters. The number of anilines is 1. The van der Waals surface area contributed by atoms with Crippen molar-refractivity contribution in [3.05, 3.63) is 52.3 Å². The van der Waals surface area contributed by atoms with Crippen molar-refractivity contribution < 1.29 is 24.6 Å². The van der Waals surface area contributed by atoms with E-state index in [2.05, 4.69) is 5.32 Å². The fraction of sp³-hybridized carbons (Fsp3) is 0.211. The summed E-state index contributed by atoms with van der Waals surface area (Å²) in [6.45, 7) is 3.55. The molecule has 0 aliphatic carbocycles. The van der Waals surface area contributed by atoms with Crippen molar-refractivity contribution in [1.82, 2.24) is 4.57 Å². The third-order valence-electron chi connectivity index (χ3n) is 4.43. The minimum absolute atomic E-state index is 0.0202. The van der Waals surface area contributed by atoms with Crippen LogP contribution in [-0.2, 0) is 16.0 Å². The topological polar surface area (TPSA) is 109 Å². The first-order valence-electron chi connectivity index (χ1n) is 8.07. The maximum Gasteiger partial charge on any atom is 0.353 e. The first kappa shape index (κ1) is 17.5. The number of rotatable bonds is 5. The Balaban J connectivity index is 2.10. The number of hydrogen-bond donors (Lipinski definition) is 3. The van der Waals surface area contributed by atoms with Crippen LogP contribution in [0.4, 0.5) is 5.69 Å². The summed E-state index contributed by atoms with van der Waals surface area (Å²) in [5, 5.41) is 21.2. The van der Waals surface area contributed by atoms with Gasteiger partial charge in [-0.15, -0.1) is 0 Å². The Morgan fingerprint density at radius 1 is 1.23 bits per heavy atom. The molecule has 0 radical (unpaired) electrons. The fourth-order valence-corrected chi connectivity index (χ4v) is 3.11. The number of nitrogens with one attached hydrogen (secondary N) is 1. The van der Waals surface area contributed by atoms with E-state index >= 15 is 0 Å². The highest BCUT2D eigenvalue weighted by Gasteiger charge is 2.26. The maximum atomic E-state index is 12.3. The van der Waals surface area contributed by atoms with Crippen LogP contribution >= 0.6 is 0 Å². The Morgan fingerprint density at radius 3 is 2.62 bits per heavy atom. The summed E-state index contributed by atoms with van der Waals surface area (Å²) >= 11 is 0. The van der Waals surface area contributed by atoms with Gasteiger partial charge < -0.3 is 20.1 Å². The van der Waals surface area contributed by atoms with E-state index in [0.717, 1.165) is 5.56 Å².